The molecule has 2 rings (SSSR count). The first kappa shape index (κ1) is 20.7. The normalized spacial score (nSPS) is 20.8. The number of nitro benzene ring substituents is 1. The van der Waals surface area contributed by atoms with Crippen molar-refractivity contribution in [2.45, 2.75) is 51.6 Å². The number of nitrogens with one attached hydrogen (secondary N) is 2. The molecular weight excluding hydrogens is 419 g/mol. The number of aliphatic imine (C=N–C) groups is 1. The largest absolute Gasteiger partial charge is 0.354 e. The molecule has 1 fully saturated rings. The van der Waals surface area contributed by atoms with E-state index in [4.69, 9.17) is 0 Å². The van der Waals surface area contributed by atoms with Gasteiger partial charge >= 0.3 is 0 Å². The summed E-state index contributed by atoms with van der Waals surface area (Å²) >= 11 is 0. The van der Waals surface area contributed by atoms with Crippen LogP contribution >= 0.6 is 24.0 Å². The molecule has 0 amide bonds. The average Bonchev–Trinajstić information content (AvgIpc) is 2.59. The second kappa shape index (κ2) is 10.5. The van der Waals surface area contributed by atoms with Crippen molar-refractivity contribution >= 4 is 35.6 Å². The van der Waals surface area contributed by atoms with Crippen LogP contribution in [0.4, 0.5) is 5.69 Å². The molecule has 0 spiro atoms. The molecule has 0 bridgehead atoms. The van der Waals surface area contributed by atoms with E-state index in [-0.39, 0.29) is 34.6 Å². The maximum absolute atomic E-state index is 10.8. The first-order valence-electron chi connectivity index (χ1n) is 8.33. The lowest BCUT2D eigenvalue weighted by molar-refractivity contribution is -0.384. The Bertz CT molecular complexity index is 557. The van der Waals surface area contributed by atoms with Crippen molar-refractivity contribution in [3.8, 4) is 0 Å². The fourth-order valence-corrected chi connectivity index (χ4v) is 3.07. The lowest BCUT2D eigenvalue weighted by Gasteiger charge is -2.29. The van der Waals surface area contributed by atoms with Gasteiger partial charge in [0.05, 0.1) is 4.92 Å². The van der Waals surface area contributed by atoms with Crippen LogP contribution in [-0.2, 0) is 6.54 Å². The fourth-order valence-electron chi connectivity index (χ4n) is 3.07. The molecule has 0 heterocycles. The number of hydrogen-bond acceptors (Lipinski definition) is 3. The molecule has 1 aliphatic carbocycles. The van der Waals surface area contributed by atoms with Gasteiger partial charge in [0.1, 0.15) is 0 Å². The molecule has 0 aliphatic heterocycles. The van der Waals surface area contributed by atoms with E-state index >= 15 is 0 Å². The first-order valence-corrected chi connectivity index (χ1v) is 8.33. The van der Waals surface area contributed by atoms with E-state index in [0.717, 1.165) is 17.4 Å². The molecule has 0 saturated heterocycles. The summed E-state index contributed by atoms with van der Waals surface area (Å²) in [6.45, 7) is 2.78. The molecule has 0 unspecified atom stereocenters. The zero-order valence-electron chi connectivity index (χ0n) is 14.3. The minimum absolute atomic E-state index is 0. The Hall–Kier alpha value is -1.38. The van der Waals surface area contributed by atoms with Crippen molar-refractivity contribution in [3.63, 3.8) is 0 Å². The van der Waals surface area contributed by atoms with E-state index < -0.39 is 0 Å². The van der Waals surface area contributed by atoms with Crippen LogP contribution in [0.1, 0.15) is 44.6 Å². The topological polar surface area (TPSA) is 79.6 Å². The van der Waals surface area contributed by atoms with Crippen LogP contribution in [0.25, 0.3) is 0 Å². The van der Waals surface area contributed by atoms with Crippen LogP contribution in [0, 0.1) is 16.0 Å². The Morgan fingerprint density at radius 1 is 1.33 bits per heavy atom. The van der Waals surface area contributed by atoms with E-state index in [0.29, 0.717) is 12.6 Å². The van der Waals surface area contributed by atoms with Gasteiger partial charge in [-0.3, -0.25) is 15.1 Å². The van der Waals surface area contributed by atoms with Gasteiger partial charge in [-0.05, 0) is 37.2 Å². The third kappa shape index (κ3) is 6.26. The number of rotatable bonds is 5. The van der Waals surface area contributed by atoms with E-state index in [1.54, 1.807) is 19.2 Å². The Morgan fingerprint density at radius 2 is 2.04 bits per heavy atom. The molecular formula is C17H27IN4O2. The van der Waals surface area contributed by atoms with E-state index in [2.05, 4.69) is 22.5 Å². The highest BCUT2D eigenvalue weighted by Gasteiger charge is 2.20. The third-order valence-electron chi connectivity index (χ3n) is 4.57. The van der Waals surface area contributed by atoms with Crippen molar-refractivity contribution < 1.29 is 4.92 Å². The molecule has 6 nitrogen and oxygen atoms in total. The average molecular weight is 446 g/mol. The highest BCUT2D eigenvalue weighted by Crippen LogP contribution is 2.26. The smallest absolute Gasteiger partial charge is 0.269 e. The maximum atomic E-state index is 10.8. The van der Waals surface area contributed by atoms with Crippen molar-refractivity contribution in [2.75, 3.05) is 7.05 Å². The maximum Gasteiger partial charge on any atom is 0.269 e. The third-order valence-corrected chi connectivity index (χ3v) is 4.57. The molecule has 1 aromatic carbocycles. The summed E-state index contributed by atoms with van der Waals surface area (Å²) in [6.07, 6.45) is 6.17. The van der Waals surface area contributed by atoms with Crippen LogP contribution in [0.2, 0.25) is 0 Å². The molecule has 1 aliphatic rings. The second-order valence-electron chi connectivity index (χ2n) is 6.12. The Kier molecular flexibility index (Phi) is 9.02. The number of hydrogen-bond donors (Lipinski definition) is 2. The van der Waals surface area contributed by atoms with Crippen LogP contribution in [0.5, 0.6) is 0 Å². The number of non-ortho nitro benzene ring substituents is 1. The first-order chi connectivity index (χ1) is 11.1. The monoisotopic (exact) mass is 446 g/mol. The highest BCUT2D eigenvalue weighted by atomic mass is 127. The zero-order valence-corrected chi connectivity index (χ0v) is 16.7. The molecule has 7 heteroatoms. The zero-order chi connectivity index (χ0) is 16.7. The predicted molar refractivity (Wildman–Crippen MR) is 108 cm³/mol. The highest BCUT2D eigenvalue weighted by molar-refractivity contribution is 14.0. The minimum Gasteiger partial charge on any atom is -0.354 e. The van der Waals surface area contributed by atoms with Gasteiger partial charge in [0, 0.05) is 31.8 Å². The molecule has 0 atom stereocenters. The molecule has 2 N–H and O–H groups in total. The lowest BCUT2D eigenvalue weighted by Crippen LogP contribution is -2.44. The van der Waals surface area contributed by atoms with Gasteiger partial charge in [-0.2, -0.15) is 0 Å². The second-order valence-corrected chi connectivity index (χ2v) is 6.12. The Balaban J connectivity index is 0.00000288. The summed E-state index contributed by atoms with van der Waals surface area (Å²) < 4.78 is 0. The molecule has 1 saturated carbocycles. The fraction of sp³-hybridized carbons (Fsp3) is 0.588. The molecule has 1 aromatic rings. The number of guanidine groups is 1. The molecule has 134 valence electrons. The summed E-state index contributed by atoms with van der Waals surface area (Å²) in [5, 5.41) is 17.5. The van der Waals surface area contributed by atoms with Crippen molar-refractivity contribution in [1.29, 1.82) is 0 Å². The summed E-state index contributed by atoms with van der Waals surface area (Å²) in [6, 6.07) is 7.14. The van der Waals surface area contributed by atoms with E-state index in [1.165, 1.54) is 38.2 Å². The summed E-state index contributed by atoms with van der Waals surface area (Å²) in [4.78, 5) is 14.7. The summed E-state index contributed by atoms with van der Waals surface area (Å²) in [5.74, 6) is 1.63. The number of nitro groups is 1. The quantitative estimate of drug-likeness (QED) is 0.237. The SMILES string of the molecule is CCC1CCC(NC(=NC)NCc2cccc([N+](=O)[O-])c2)CC1.I. The number of halogens is 1. The number of nitrogens with zero attached hydrogens (tertiary/aromatic N) is 2. The van der Waals surface area contributed by atoms with Gasteiger partial charge in [-0.1, -0.05) is 25.5 Å². The minimum atomic E-state index is -0.372. The predicted octanol–water partition coefficient (Wildman–Crippen LogP) is 3.85. The van der Waals surface area contributed by atoms with Crippen LogP contribution in [0.3, 0.4) is 0 Å². The molecule has 0 radical (unpaired) electrons. The van der Waals surface area contributed by atoms with Crippen molar-refractivity contribution in [2.24, 2.45) is 10.9 Å². The molecule has 24 heavy (non-hydrogen) atoms. The summed E-state index contributed by atoms with van der Waals surface area (Å²) in [5.41, 5.74) is 0.988. The Labute approximate surface area is 160 Å². The Morgan fingerprint density at radius 3 is 2.62 bits per heavy atom. The number of benzene rings is 1. The van der Waals surface area contributed by atoms with Gasteiger partial charge in [-0.15, -0.1) is 24.0 Å². The van der Waals surface area contributed by atoms with Crippen molar-refractivity contribution in [1.82, 2.24) is 10.6 Å². The lowest BCUT2D eigenvalue weighted by atomic mass is 9.84. The van der Waals surface area contributed by atoms with Gasteiger partial charge < -0.3 is 10.6 Å². The summed E-state index contributed by atoms with van der Waals surface area (Å²) in [7, 11) is 1.75. The van der Waals surface area contributed by atoms with Gasteiger partial charge in [0.25, 0.3) is 5.69 Å². The van der Waals surface area contributed by atoms with Gasteiger partial charge in [0.2, 0.25) is 0 Å². The van der Waals surface area contributed by atoms with Crippen LogP contribution in [0.15, 0.2) is 29.3 Å². The standard InChI is InChI=1S/C17H26N4O2.HI/c1-3-13-7-9-15(10-8-13)20-17(18-2)19-12-14-5-4-6-16(11-14)21(22)23;/h4-6,11,13,15H,3,7-10,12H2,1-2H3,(H2,18,19,20);1H. The van der Waals surface area contributed by atoms with Gasteiger partial charge in [0.15, 0.2) is 5.96 Å². The van der Waals surface area contributed by atoms with Crippen LogP contribution in [-0.4, -0.2) is 24.0 Å². The van der Waals surface area contributed by atoms with Crippen LogP contribution < -0.4 is 10.6 Å². The van der Waals surface area contributed by atoms with E-state index in [1.807, 2.05) is 6.07 Å². The van der Waals surface area contributed by atoms with Crippen molar-refractivity contribution in [3.05, 3.63) is 39.9 Å². The molecule has 0 aromatic heterocycles. The van der Waals surface area contributed by atoms with E-state index in [9.17, 15) is 10.1 Å². The van der Waals surface area contributed by atoms with Gasteiger partial charge in [-0.25, -0.2) is 0 Å².